The summed E-state index contributed by atoms with van der Waals surface area (Å²) in [5, 5.41) is 12.4. The van der Waals surface area contributed by atoms with Crippen LogP contribution in [0.5, 0.6) is 0 Å². The Labute approximate surface area is 64.7 Å². The summed E-state index contributed by atoms with van der Waals surface area (Å²) in [5.74, 6) is 0. The smallest absolute Gasteiger partial charge is 0.135 e. The maximum atomic E-state index is 8.46. The largest absolute Gasteiger partial charge is 0.255 e. The lowest BCUT2D eigenvalue weighted by molar-refractivity contribution is 0.590. The van der Waals surface area contributed by atoms with Crippen LogP contribution in [0.25, 0.3) is 0 Å². The summed E-state index contributed by atoms with van der Waals surface area (Å²) < 4.78 is 1.57. The topological polar surface area (TPSA) is 41.6 Å². The fourth-order valence-corrected chi connectivity index (χ4v) is 0.769. The van der Waals surface area contributed by atoms with Gasteiger partial charge in [0.15, 0.2) is 0 Å². The van der Waals surface area contributed by atoms with E-state index in [0.29, 0.717) is 0 Å². The van der Waals surface area contributed by atoms with E-state index >= 15 is 0 Å². The normalized spacial score (nSPS) is 12.5. The second kappa shape index (κ2) is 2.76. The maximum Gasteiger partial charge on any atom is 0.135 e. The summed E-state index contributed by atoms with van der Waals surface area (Å²) in [6, 6.07) is 1.85. The van der Waals surface area contributed by atoms with Crippen molar-refractivity contribution >= 4 is 12.6 Å². The van der Waals surface area contributed by atoms with Crippen molar-refractivity contribution < 1.29 is 0 Å². The summed E-state index contributed by atoms with van der Waals surface area (Å²) in [6.07, 6.45) is 3.33. The van der Waals surface area contributed by atoms with E-state index in [1.807, 2.05) is 0 Å². The Hall–Kier alpha value is -0.950. The van der Waals surface area contributed by atoms with E-state index < -0.39 is 0 Å². The van der Waals surface area contributed by atoms with Gasteiger partial charge in [0.2, 0.25) is 0 Å². The molecule has 0 fully saturated rings. The summed E-state index contributed by atoms with van der Waals surface area (Å²) in [5.41, 5.74) is 0. The van der Waals surface area contributed by atoms with Crippen LogP contribution in [0.3, 0.4) is 0 Å². The molecular weight excluding hydrogens is 146 g/mol. The third kappa shape index (κ3) is 1.31. The van der Waals surface area contributed by atoms with Crippen LogP contribution in [-0.4, -0.2) is 9.78 Å². The van der Waals surface area contributed by atoms with Crippen LogP contribution in [0.15, 0.2) is 17.3 Å². The van der Waals surface area contributed by atoms with E-state index in [0.717, 1.165) is 4.90 Å². The second-order valence-electron chi connectivity index (χ2n) is 1.98. The molecule has 0 N–H and O–H groups in total. The minimum Gasteiger partial charge on any atom is -0.255 e. The zero-order chi connectivity index (χ0) is 7.56. The molecule has 1 aromatic heterocycles. The molecule has 52 valence electrons. The summed E-state index contributed by atoms with van der Waals surface area (Å²) in [4.78, 5) is 0.780. The SMILES string of the molecule is CC(C#N)n1cc(S)cn1. The minimum absolute atomic E-state index is 0.208. The summed E-state index contributed by atoms with van der Waals surface area (Å²) >= 11 is 4.05. The molecule has 0 spiro atoms. The molecule has 10 heavy (non-hydrogen) atoms. The Morgan fingerprint density at radius 3 is 3.00 bits per heavy atom. The molecule has 0 aromatic carbocycles. The molecule has 0 radical (unpaired) electrons. The van der Waals surface area contributed by atoms with Crippen molar-refractivity contribution in [2.75, 3.05) is 0 Å². The Bertz CT molecular complexity index is 260. The first-order valence-corrected chi connectivity index (χ1v) is 3.31. The van der Waals surface area contributed by atoms with Crippen molar-refractivity contribution in [3.8, 4) is 6.07 Å². The fourth-order valence-electron chi connectivity index (χ4n) is 0.599. The minimum atomic E-state index is -0.208. The number of nitrogens with zero attached hydrogens (tertiary/aromatic N) is 3. The predicted molar refractivity (Wildman–Crippen MR) is 39.8 cm³/mol. The van der Waals surface area contributed by atoms with Crippen molar-refractivity contribution in [1.82, 2.24) is 9.78 Å². The van der Waals surface area contributed by atoms with Gasteiger partial charge in [-0.25, -0.2) is 0 Å². The molecule has 1 rings (SSSR count). The third-order valence-electron chi connectivity index (χ3n) is 1.17. The van der Waals surface area contributed by atoms with Gasteiger partial charge in [0.25, 0.3) is 0 Å². The second-order valence-corrected chi connectivity index (χ2v) is 2.50. The Kier molecular flexibility index (Phi) is 1.97. The Balaban J connectivity index is 2.87. The van der Waals surface area contributed by atoms with Gasteiger partial charge in [-0.2, -0.15) is 10.4 Å². The van der Waals surface area contributed by atoms with Gasteiger partial charge in [-0.15, -0.1) is 12.6 Å². The Morgan fingerprint density at radius 1 is 1.90 bits per heavy atom. The highest BCUT2D eigenvalue weighted by atomic mass is 32.1. The van der Waals surface area contributed by atoms with Crippen molar-refractivity contribution in [2.45, 2.75) is 17.9 Å². The van der Waals surface area contributed by atoms with Crippen molar-refractivity contribution in [2.24, 2.45) is 0 Å². The van der Waals surface area contributed by atoms with E-state index in [1.54, 1.807) is 24.0 Å². The van der Waals surface area contributed by atoms with Crippen LogP contribution in [0.2, 0.25) is 0 Å². The number of hydrogen-bond acceptors (Lipinski definition) is 3. The molecule has 0 aliphatic carbocycles. The van der Waals surface area contributed by atoms with Crippen LogP contribution in [-0.2, 0) is 0 Å². The van der Waals surface area contributed by atoms with Crippen molar-refractivity contribution in [3.05, 3.63) is 12.4 Å². The molecule has 0 bridgehead atoms. The monoisotopic (exact) mass is 153 g/mol. The zero-order valence-corrected chi connectivity index (χ0v) is 6.42. The molecule has 3 nitrogen and oxygen atoms in total. The number of rotatable bonds is 1. The molecule has 0 aliphatic rings. The highest BCUT2D eigenvalue weighted by Gasteiger charge is 2.01. The van der Waals surface area contributed by atoms with Crippen molar-refractivity contribution in [3.63, 3.8) is 0 Å². The van der Waals surface area contributed by atoms with E-state index in [4.69, 9.17) is 5.26 Å². The van der Waals surface area contributed by atoms with Crippen LogP contribution >= 0.6 is 12.6 Å². The first-order chi connectivity index (χ1) is 4.74. The van der Waals surface area contributed by atoms with Gasteiger partial charge in [0.1, 0.15) is 6.04 Å². The molecule has 1 atom stereocenters. The number of aromatic nitrogens is 2. The quantitative estimate of drug-likeness (QED) is 0.617. The first-order valence-electron chi connectivity index (χ1n) is 2.87. The summed E-state index contributed by atoms with van der Waals surface area (Å²) in [6.45, 7) is 1.78. The van der Waals surface area contributed by atoms with Gasteiger partial charge < -0.3 is 0 Å². The van der Waals surface area contributed by atoms with Gasteiger partial charge in [-0.1, -0.05) is 0 Å². The van der Waals surface area contributed by atoms with Gasteiger partial charge in [-0.3, -0.25) is 4.68 Å². The molecule has 1 heterocycles. The van der Waals surface area contributed by atoms with E-state index in [-0.39, 0.29) is 6.04 Å². The molecule has 1 unspecified atom stereocenters. The predicted octanol–water partition coefficient (Wildman–Crippen LogP) is 1.26. The van der Waals surface area contributed by atoms with Crippen LogP contribution in [0.4, 0.5) is 0 Å². The first kappa shape index (κ1) is 7.16. The average Bonchev–Trinajstić information content (AvgIpc) is 2.34. The van der Waals surface area contributed by atoms with E-state index in [9.17, 15) is 0 Å². The standard InChI is InChI=1S/C6H7N3S/c1-5(2-7)9-4-6(10)3-8-9/h3-5,10H,1H3. The van der Waals surface area contributed by atoms with Gasteiger partial charge >= 0.3 is 0 Å². The maximum absolute atomic E-state index is 8.46. The number of hydrogen-bond donors (Lipinski definition) is 1. The summed E-state index contributed by atoms with van der Waals surface area (Å²) in [7, 11) is 0. The number of thiol groups is 1. The van der Waals surface area contributed by atoms with Gasteiger partial charge in [-0.05, 0) is 6.92 Å². The molecular formula is C6H7N3S. The Morgan fingerprint density at radius 2 is 2.60 bits per heavy atom. The molecule has 4 heteroatoms. The number of nitriles is 1. The lowest BCUT2D eigenvalue weighted by Gasteiger charge is -1.99. The average molecular weight is 153 g/mol. The highest BCUT2D eigenvalue weighted by molar-refractivity contribution is 7.80. The van der Waals surface area contributed by atoms with E-state index in [1.165, 1.54) is 0 Å². The zero-order valence-electron chi connectivity index (χ0n) is 5.52. The van der Waals surface area contributed by atoms with Crippen LogP contribution in [0.1, 0.15) is 13.0 Å². The fraction of sp³-hybridized carbons (Fsp3) is 0.333. The highest BCUT2D eigenvalue weighted by Crippen LogP contribution is 2.07. The molecule has 0 saturated carbocycles. The van der Waals surface area contributed by atoms with Gasteiger partial charge in [0, 0.05) is 11.1 Å². The van der Waals surface area contributed by atoms with Gasteiger partial charge in [0.05, 0.1) is 12.3 Å². The molecule has 1 aromatic rings. The third-order valence-corrected chi connectivity index (χ3v) is 1.40. The molecule has 0 amide bonds. The van der Waals surface area contributed by atoms with Crippen molar-refractivity contribution in [1.29, 1.82) is 5.26 Å². The van der Waals surface area contributed by atoms with Crippen LogP contribution < -0.4 is 0 Å². The van der Waals surface area contributed by atoms with E-state index in [2.05, 4.69) is 23.8 Å². The van der Waals surface area contributed by atoms with Crippen LogP contribution in [0, 0.1) is 11.3 Å². The lowest BCUT2D eigenvalue weighted by Crippen LogP contribution is -2.01. The molecule has 0 aliphatic heterocycles. The molecule has 0 saturated heterocycles. The lowest BCUT2D eigenvalue weighted by atomic mass is 10.4.